The number of hydrogen-bond acceptors (Lipinski definition) is 5. The molecule has 1 aliphatic heterocycles. The summed E-state index contributed by atoms with van der Waals surface area (Å²) in [4.78, 5) is 1.58. The van der Waals surface area contributed by atoms with Crippen molar-refractivity contribution in [2.75, 3.05) is 35.8 Å². The van der Waals surface area contributed by atoms with Crippen molar-refractivity contribution in [1.29, 1.82) is 0 Å². The van der Waals surface area contributed by atoms with Crippen LogP contribution in [0.1, 0.15) is 0 Å². The first-order valence-electron chi connectivity index (χ1n) is 8.18. The molecule has 0 aliphatic carbocycles. The number of rotatable bonds is 6. The van der Waals surface area contributed by atoms with E-state index in [2.05, 4.69) is 14.8 Å². The van der Waals surface area contributed by atoms with Crippen molar-refractivity contribution in [3.05, 3.63) is 48.3 Å². The lowest BCUT2D eigenvalue weighted by Crippen LogP contribution is -2.43. The van der Waals surface area contributed by atoms with Gasteiger partial charge in [0.05, 0.1) is 16.3 Å². The van der Waals surface area contributed by atoms with E-state index >= 15 is 0 Å². The van der Waals surface area contributed by atoms with Gasteiger partial charge in [-0.25, -0.2) is 12.8 Å². The average molecular weight is 438 g/mol. The molecule has 1 aliphatic rings. The van der Waals surface area contributed by atoms with Crippen LogP contribution in [0, 0.1) is 5.82 Å². The predicted molar refractivity (Wildman–Crippen MR) is 103 cm³/mol. The summed E-state index contributed by atoms with van der Waals surface area (Å²) in [6, 6.07) is 8.67. The third-order valence-electron chi connectivity index (χ3n) is 4.00. The zero-order chi connectivity index (χ0) is 19.4. The number of halogens is 4. The molecule has 1 saturated heterocycles. The Morgan fingerprint density at radius 2 is 1.82 bits per heavy atom. The van der Waals surface area contributed by atoms with E-state index in [-0.39, 0.29) is 28.7 Å². The molecule has 11 heteroatoms. The Morgan fingerprint density at radius 1 is 1.11 bits per heavy atom. The molecule has 2 aromatic carbocycles. The van der Waals surface area contributed by atoms with Crippen molar-refractivity contribution < 1.29 is 26.3 Å². The molecule has 0 aromatic heterocycles. The summed E-state index contributed by atoms with van der Waals surface area (Å²) in [7, 11) is -4.06. The molecule has 0 saturated carbocycles. The van der Waals surface area contributed by atoms with E-state index in [0.717, 1.165) is 6.07 Å². The summed E-state index contributed by atoms with van der Waals surface area (Å²) in [5.74, 6) is -0.722. The molecule has 28 heavy (non-hydrogen) atoms. The highest BCUT2D eigenvalue weighted by molar-refractivity contribution is 7.92. The van der Waals surface area contributed by atoms with Crippen LogP contribution in [0.25, 0.3) is 0 Å². The Labute approximate surface area is 167 Å². The van der Waals surface area contributed by atoms with Crippen molar-refractivity contribution in [2.24, 2.45) is 0 Å². The van der Waals surface area contributed by atoms with Crippen molar-refractivity contribution >= 4 is 33.8 Å². The van der Waals surface area contributed by atoms with Gasteiger partial charge in [0.1, 0.15) is 11.6 Å². The molecule has 0 radical (unpaired) electrons. The number of hydrogen-bond donors (Lipinski definition) is 2. The van der Waals surface area contributed by atoms with Gasteiger partial charge in [-0.3, -0.25) is 4.72 Å². The second kappa shape index (κ2) is 9.35. The van der Waals surface area contributed by atoms with Crippen LogP contribution < -0.4 is 19.7 Å². The Hall–Kier alpha value is -2.17. The van der Waals surface area contributed by atoms with E-state index in [1.54, 1.807) is 0 Å². The minimum absolute atomic E-state index is 0. The molecule has 0 spiro atoms. The number of nitrogens with one attached hydrogen (secondary N) is 2. The molecule has 154 valence electrons. The number of anilines is 2. The first-order chi connectivity index (χ1) is 12.8. The first-order valence-corrected chi connectivity index (χ1v) is 9.66. The largest absolute Gasteiger partial charge is 0.435 e. The fourth-order valence-corrected chi connectivity index (χ4v) is 3.84. The van der Waals surface area contributed by atoms with Crippen molar-refractivity contribution in [3.63, 3.8) is 0 Å². The normalized spacial score (nSPS) is 14.5. The number of nitrogens with zero attached hydrogens (tertiary/aromatic N) is 1. The minimum Gasteiger partial charge on any atom is -0.435 e. The lowest BCUT2D eigenvalue weighted by Gasteiger charge is -2.30. The van der Waals surface area contributed by atoms with E-state index in [1.807, 2.05) is 4.90 Å². The Balaban J connectivity index is 0.00000280. The molecular weight excluding hydrogens is 419 g/mol. The Bertz CT molecular complexity index is 910. The Kier molecular flexibility index (Phi) is 7.39. The maximum absolute atomic E-state index is 14.2. The molecule has 2 N–H and O–H groups in total. The number of piperazine rings is 1. The molecule has 1 fully saturated rings. The standard InChI is InChI=1S/C17H18F3N3O3S.ClH/c18-15-5-4-12(10-16(15)23-8-6-21-7-9-23)22-27(24,25)14-3-1-2-13(11-14)26-17(19)20;/h1-5,10-11,17,21-22H,6-9H2;1H. The number of ether oxygens (including phenoxy) is 1. The molecular formula is C17H19ClF3N3O3S. The van der Waals surface area contributed by atoms with Crippen molar-refractivity contribution in [3.8, 4) is 5.75 Å². The van der Waals surface area contributed by atoms with E-state index in [4.69, 9.17) is 0 Å². The van der Waals surface area contributed by atoms with E-state index in [1.165, 1.54) is 36.4 Å². The van der Waals surface area contributed by atoms with Gasteiger partial charge in [0.15, 0.2) is 0 Å². The molecule has 6 nitrogen and oxygen atoms in total. The number of benzene rings is 2. The molecule has 3 rings (SSSR count). The third-order valence-corrected chi connectivity index (χ3v) is 5.38. The molecule has 0 atom stereocenters. The van der Waals surface area contributed by atoms with Crippen LogP contribution in [0.2, 0.25) is 0 Å². The van der Waals surface area contributed by atoms with Crippen LogP contribution >= 0.6 is 12.4 Å². The van der Waals surface area contributed by atoms with Gasteiger partial charge < -0.3 is 15.0 Å². The predicted octanol–water partition coefficient (Wildman–Crippen LogP) is 3.06. The summed E-state index contributed by atoms with van der Waals surface area (Å²) in [5.41, 5.74) is 0.469. The van der Waals surface area contributed by atoms with Gasteiger partial charge in [-0.05, 0) is 30.3 Å². The van der Waals surface area contributed by atoms with Crippen LogP contribution in [0.15, 0.2) is 47.4 Å². The van der Waals surface area contributed by atoms with Crippen LogP contribution in [0.4, 0.5) is 24.5 Å². The lowest BCUT2D eigenvalue weighted by molar-refractivity contribution is -0.0499. The topological polar surface area (TPSA) is 70.7 Å². The zero-order valence-electron chi connectivity index (χ0n) is 14.6. The van der Waals surface area contributed by atoms with Gasteiger partial charge in [-0.1, -0.05) is 6.07 Å². The van der Waals surface area contributed by atoms with E-state index in [9.17, 15) is 21.6 Å². The van der Waals surface area contributed by atoms with Crippen molar-refractivity contribution in [2.45, 2.75) is 11.5 Å². The zero-order valence-corrected chi connectivity index (χ0v) is 16.2. The van der Waals surface area contributed by atoms with Gasteiger partial charge in [0.25, 0.3) is 10.0 Å². The molecule has 0 unspecified atom stereocenters. The summed E-state index contributed by atoms with van der Waals surface area (Å²) >= 11 is 0. The van der Waals surface area contributed by atoms with Gasteiger partial charge in [0.2, 0.25) is 0 Å². The van der Waals surface area contributed by atoms with Crippen LogP contribution in [0.3, 0.4) is 0 Å². The second-order valence-corrected chi connectivity index (χ2v) is 7.54. The fourth-order valence-electron chi connectivity index (χ4n) is 2.76. The average Bonchev–Trinajstić information content (AvgIpc) is 2.63. The van der Waals surface area contributed by atoms with Gasteiger partial charge in [-0.15, -0.1) is 12.4 Å². The van der Waals surface area contributed by atoms with Crippen LogP contribution in [-0.4, -0.2) is 41.2 Å². The van der Waals surface area contributed by atoms with E-state index in [0.29, 0.717) is 31.9 Å². The minimum atomic E-state index is -4.06. The number of alkyl halides is 2. The third kappa shape index (κ3) is 5.43. The second-order valence-electron chi connectivity index (χ2n) is 5.86. The molecule has 1 heterocycles. The summed E-state index contributed by atoms with van der Waals surface area (Å²) < 4.78 is 70.5. The van der Waals surface area contributed by atoms with Crippen LogP contribution in [-0.2, 0) is 10.0 Å². The van der Waals surface area contributed by atoms with Crippen molar-refractivity contribution in [1.82, 2.24) is 5.32 Å². The van der Waals surface area contributed by atoms with Crippen LogP contribution in [0.5, 0.6) is 5.75 Å². The highest BCUT2D eigenvalue weighted by atomic mass is 35.5. The maximum atomic E-state index is 14.2. The van der Waals surface area contributed by atoms with Gasteiger partial charge in [0, 0.05) is 32.2 Å². The maximum Gasteiger partial charge on any atom is 0.387 e. The van der Waals surface area contributed by atoms with E-state index < -0.39 is 22.5 Å². The SMILES string of the molecule is Cl.O=S(=O)(Nc1ccc(F)c(N2CCNCC2)c1)c1cccc(OC(F)F)c1. The summed E-state index contributed by atoms with van der Waals surface area (Å²) in [6.45, 7) is -0.464. The lowest BCUT2D eigenvalue weighted by atomic mass is 10.2. The first kappa shape index (κ1) is 22.1. The molecule has 0 amide bonds. The highest BCUT2D eigenvalue weighted by Crippen LogP contribution is 2.27. The fraction of sp³-hybridized carbons (Fsp3) is 0.294. The van der Waals surface area contributed by atoms with Gasteiger partial charge in [-0.2, -0.15) is 8.78 Å². The van der Waals surface area contributed by atoms with Gasteiger partial charge >= 0.3 is 6.61 Å². The quantitative estimate of drug-likeness (QED) is 0.727. The summed E-state index contributed by atoms with van der Waals surface area (Å²) in [6.07, 6.45) is 0. The summed E-state index contributed by atoms with van der Waals surface area (Å²) in [5, 5.41) is 3.16. The molecule has 2 aromatic rings. The molecule has 0 bridgehead atoms. The Morgan fingerprint density at radius 3 is 2.50 bits per heavy atom. The monoisotopic (exact) mass is 437 g/mol. The highest BCUT2D eigenvalue weighted by Gasteiger charge is 2.19. The smallest absolute Gasteiger partial charge is 0.387 e. The number of sulfonamides is 1.